The summed E-state index contributed by atoms with van der Waals surface area (Å²) in [6.07, 6.45) is 0. The van der Waals surface area contributed by atoms with Crippen LogP contribution in [0.5, 0.6) is 11.5 Å². The van der Waals surface area contributed by atoms with E-state index < -0.39 is 4.92 Å². The van der Waals surface area contributed by atoms with Crippen molar-refractivity contribution < 1.29 is 15.1 Å². The lowest BCUT2D eigenvalue weighted by Crippen LogP contribution is -2.07. The minimum Gasteiger partial charge on any atom is -0.508 e. The van der Waals surface area contributed by atoms with E-state index >= 15 is 0 Å². The average molecular weight is 309 g/mol. The van der Waals surface area contributed by atoms with Gasteiger partial charge in [-0.1, -0.05) is 11.6 Å². The largest absolute Gasteiger partial charge is 0.508 e. The molecule has 0 fully saturated rings. The van der Waals surface area contributed by atoms with Gasteiger partial charge in [0, 0.05) is 24.2 Å². The molecule has 0 aliphatic heterocycles. The van der Waals surface area contributed by atoms with E-state index in [1.807, 2.05) is 6.92 Å². The molecular weight excluding hydrogens is 296 g/mol. The zero-order valence-corrected chi connectivity index (χ0v) is 11.8. The Labute approximate surface area is 125 Å². The Morgan fingerprint density at radius 2 is 1.81 bits per heavy atom. The van der Waals surface area contributed by atoms with Gasteiger partial charge in [0.25, 0.3) is 5.69 Å². The maximum Gasteiger partial charge on any atom is 0.271 e. The Hall–Kier alpha value is -2.47. The topological polar surface area (TPSA) is 95.6 Å². The summed E-state index contributed by atoms with van der Waals surface area (Å²) >= 11 is 6.00. The molecule has 0 bridgehead atoms. The molecule has 6 nitrogen and oxygen atoms in total. The van der Waals surface area contributed by atoms with Crippen molar-refractivity contribution in [3.63, 3.8) is 0 Å². The third-order valence-corrected chi connectivity index (χ3v) is 3.27. The van der Waals surface area contributed by atoms with Gasteiger partial charge in [0.15, 0.2) is 0 Å². The number of non-ortho nitro benzene ring substituents is 1. The normalized spacial score (nSPS) is 11.9. The zero-order valence-electron chi connectivity index (χ0n) is 11.1. The Bertz CT molecular complexity index is 670. The number of hydrogen-bond acceptors (Lipinski definition) is 5. The summed E-state index contributed by atoms with van der Waals surface area (Å²) < 4.78 is 0. The number of phenolic OH excluding ortho intramolecular Hbond substituents is 2. The molecule has 1 atom stereocenters. The number of phenols is 2. The lowest BCUT2D eigenvalue weighted by molar-refractivity contribution is -0.384. The molecule has 0 aromatic heterocycles. The lowest BCUT2D eigenvalue weighted by Gasteiger charge is -2.17. The van der Waals surface area contributed by atoms with Gasteiger partial charge in [-0.15, -0.1) is 0 Å². The van der Waals surface area contributed by atoms with E-state index in [1.54, 1.807) is 0 Å². The van der Waals surface area contributed by atoms with E-state index in [2.05, 4.69) is 5.32 Å². The van der Waals surface area contributed by atoms with Crippen LogP contribution < -0.4 is 5.32 Å². The van der Waals surface area contributed by atoms with Crippen molar-refractivity contribution in [3.05, 3.63) is 57.1 Å². The van der Waals surface area contributed by atoms with Gasteiger partial charge in [-0.05, 0) is 30.7 Å². The van der Waals surface area contributed by atoms with Crippen LogP contribution in [0.4, 0.5) is 11.4 Å². The second kappa shape index (κ2) is 5.88. The average Bonchev–Trinajstić information content (AvgIpc) is 2.39. The molecule has 0 amide bonds. The van der Waals surface area contributed by atoms with Gasteiger partial charge < -0.3 is 15.5 Å². The van der Waals surface area contributed by atoms with Crippen molar-refractivity contribution in [2.75, 3.05) is 5.32 Å². The number of nitrogens with one attached hydrogen (secondary N) is 1. The fourth-order valence-corrected chi connectivity index (χ4v) is 2.15. The fourth-order valence-electron chi connectivity index (χ4n) is 1.92. The van der Waals surface area contributed by atoms with Crippen LogP contribution in [-0.2, 0) is 0 Å². The number of benzene rings is 2. The summed E-state index contributed by atoms with van der Waals surface area (Å²) in [7, 11) is 0. The standard InChI is InChI=1S/C14H13ClN2O4/c1-8(9-4-11(18)7-12(19)5-9)16-14-3-2-10(17(20)21)6-13(14)15/h2-8,16,18-19H,1H3. The van der Waals surface area contributed by atoms with E-state index in [0.29, 0.717) is 11.3 Å². The van der Waals surface area contributed by atoms with Crippen LogP contribution in [-0.4, -0.2) is 15.1 Å². The predicted octanol–water partition coefficient (Wildman–Crippen LogP) is 3.83. The predicted molar refractivity (Wildman–Crippen MR) is 79.9 cm³/mol. The molecule has 21 heavy (non-hydrogen) atoms. The van der Waals surface area contributed by atoms with E-state index in [1.165, 1.54) is 36.4 Å². The molecule has 7 heteroatoms. The quantitative estimate of drug-likeness (QED) is 0.589. The highest BCUT2D eigenvalue weighted by atomic mass is 35.5. The summed E-state index contributed by atoms with van der Waals surface area (Å²) in [5.41, 5.74) is 1.09. The van der Waals surface area contributed by atoms with Gasteiger partial charge in [0.2, 0.25) is 0 Å². The van der Waals surface area contributed by atoms with E-state index in [9.17, 15) is 20.3 Å². The molecular formula is C14H13ClN2O4. The fraction of sp³-hybridized carbons (Fsp3) is 0.143. The SMILES string of the molecule is CC(Nc1ccc([N+](=O)[O-])cc1Cl)c1cc(O)cc(O)c1. The van der Waals surface area contributed by atoms with Crippen molar-refractivity contribution in [1.82, 2.24) is 0 Å². The number of nitro groups is 1. The van der Waals surface area contributed by atoms with Crippen LogP contribution in [0.15, 0.2) is 36.4 Å². The van der Waals surface area contributed by atoms with Crippen LogP contribution in [0.3, 0.4) is 0 Å². The number of nitro benzene ring substituents is 1. The van der Waals surface area contributed by atoms with E-state index in [-0.39, 0.29) is 28.3 Å². The van der Waals surface area contributed by atoms with Crippen molar-refractivity contribution in [3.8, 4) is 11.5 Å². The lowest BCUT2D eigenvalue weighted by atomic mass is 10.1. The molecule has 0 aliphatic carbocycles. The minimum absolute atomic E-state index is 0.0477. The highest BCUT2D eigenvalue weighted by Crippen LogP contribution is 2.31. The third kappa shape index (κ3) is 3.55. The minimum atomic E-state index is -0.521. The Morgan fingerprint density at radius 1 is 1.19 bits per heavy atom. The zero-order chi connectivity index (χ0) is 15.6. The summed E-state index contributed by atoms with van der Waals surface area (Å²) in [5.74, 6) is -0.0955. The van der Waals surface area contributed by atoms with Crippen LogP contribution in [0.2, 0.25) is 5.02 Å². The molecule has 0 aliphatic rings. The van der Waals surface area contributed by atoms with Gasteiger partial charge in [0.05, 0.1) is 15.6 Å². The number of hydrogen-bond donors (Lipinski definition) is 3. The summed E-state index contributed by atoms with van der Waals surface area (Å²) in [6, 6.07) is 8.11. The first-order valence-corrected chi connectivity index (χ1v) is 6.48. The van der Waals surface area contributed by atoms with Crippen molar-refractivity contribution in [1.29, 1.82) is 0 Å². The van der Waals surface area contributed by atoms with Gasteiger partial charge in [-0.25, -0.2) is 0 Å². The van der Waals surface area contributed by atoms with E-state index in [4.69, 9.17) is 11.6 Å². The molecule has 0 radical (unpaired) electrons. The molecule has 0 saturated carbocycles. The first-order chi connectivity index (χ1) is 9.86. The van der Waals surface area contributed by atoms with Gasteiger partial charge >= 0.3 is 0 Å². The highest BCUT2D eigenvalue weighted by Gasteiger charge is 2.13. The first-order valence-electron chi connectivity index (χ1n) is 6.10. The number of nitrogens with zero attached hydrogens (tertiary/aromatic N) is 1. The molecule has 2 aromatic rings. The molecule has 0 spiro atoms. The second-order valence-electron chi connectivity index (χ2n) is 4.57. The van der Waals surface area contributed by atoms with Crippen molar-refractivity contribution in [2.24, 2.45) is 0 Å². The van der Waals surface area contributed by atoms with E-state index in [0.717, 1.165) is 0 Å². The Kier molecular flexibility index (Phi) is 4.18. The number of rotatable bonds is 4. The number of halogens is 1. The van der Waals surface area contributed by atoms with Crippen LogP contribution in [0.25, 0.3) is 0 Å². The van der Waals surface area contributed by atoms with Gasteiger partial charge in [-0.3, -0.25) is 10.1 Å². The number of anilines is 1. The Morgan fingerprint density at radius 3 is 2.33 bits per heavy atom. The van der Waals surface area contributed by atoms with Gasteiger partial charge in [-0.2, -0.15) is 0 Å². The smallest absolute Gasteiger partial charge is 0.271 e. The summed E-state index contributed by atoms with van der Waals surface area (Å²) in [4.78, 5) is 10.1. The molecule has 110 valence electrons. The molecule has 0 heterocycles. The molecule has 2 aromatic carbocycles. The maximum absolute atomic E-state index is 10.7. The highest BCUT2D eigenvalue weighted by molar-refractivity contribution is 6.33. The number of aromatic hydroxyl groups is 2. The van der Waals surface area contributed by atoms with Crippen LogP contribution in [0, 0.1) is 10.1 Å². The third-order valence-electron chi connectivity index (χ3n) is 2.96. The maximum atomic E-state index is 10.7. The van der Waals surface area contributed by atoms with Gasteiger partial charge in [0.1, 0.15) is 11.5 Å². The molecule has 1 unspecified atom stereocenters. The summed E-state index contributed by atoms with van der Waals surface area (Å²) in [5, 5.41) is 32.9. The van der Waals surface area contributed by atoms with Crippen LogP contribution >= 0.6 is 11.6 Å². The molecule has 0 saturated heterocycles. The monoisotopic (exact) mass is 308 g/mol. The van der Waals surface area contributed by atoms with Crippen molar-refractivity contribution >= 4 is 23.0 Å². The van der Waals surface area contributed by atoms with Crippen molar-refractivity contribution in [2.45, 2.75) is 13.0 Å². The molecule has 2 rings (SSSR count). The second-order valence-corrected chi connectivity index (χ2v) is 4.98. The van der Waals surface area contributed by atoms with Crippen LogP contribution in [0.1, 0.15) is 18.5 Å². The Balaban J connectivity index is 2.23. The first kappa shape index (κ1) is 14.9. The molecule has 3 N–H and O–H groups in total. The summed E-state index contributed by atoms with van der Waals surface area (Å²) in [6.45, 7) is 1.81.